The maximum absolute atomic E-state index is 11.0. The van der Waals surface area contributed by atoms with Crippen LogP contribution in [0.25, 0.3) is 0 Å². The van der Waals surface area contributed by atoms with Gasteiger partial charge in [-0.1, -0.05) is 0 Å². The van der Waals surface area contributed by atoms with Crippen molar-refractivity contribution in [1.29, 1.82) is 0 Å². The minimum Gasteiger partial charge on any atom is -0.480 e. The van der Waals surface area contributed by atoms with Crippen LogP contribution in [0.4, 0.5) is 0 Å². The van der Waals surface area contributed by atoms with Crippen LogP contribution >= 0.6 is 0 Å². The summed E-state index contributed by atoms with van der Waals surface area (Å²) in [5.74, 6) is 0.369. The third kappa shape index (κ3) is 2.28. The fourth-order valence-electron chi connectivity index (χ4n) is 1.33. The summed E-state index contributed by atoms with van der Waals surface area (Å²) in [5.41, 5.74) is -0.829. The Labute approximate surface area is 80.4 Å². The van der Waals surface area contributed by atoms with Gasteiger partial charge in [0.05, 0.1) is 0 Å². The molecule has 0 spiro atoms. The van der Waals surface area contributed by atoms with Gasteiger partial charge in [-0.15, -0.1) is 0 Å². The largest absolute Gasteiger partial charge is 0.480 e. The van der Waals surface area contributed by atoms with Crippen LogP contribution in [0.2, 0.25) is 0 Å². The Morgan fingerprint density at radius 1 is 1.38 bits per heavy atom. The van der Waals surface area contributed by atoms with E-state index in [1.807, 2.05) is 4.90 Å². The fraction of sp³-hybridized carbons (Fsp3) is 0.875. The molecule has 1 aliphatic heterocycles. The summed E-state index contributed by atoms with van der Waals surface area (Å²) >= 11 is 0. The van der Waals surface area contributed by atoms with Gasteiger partial charge in [0.1, 0.15) is 5.54 Å². The molecule has 5 heteroatoms. The summed E-state index contributed by atoms with van der Waals surface area (Å²) in [5, 5.41) is 8.94. The molecule has 1 fully saturated rings. The molecule has 0 aromatic carbocycles. The number of carbonyl (C=O) groups is 1. The molecule has 0 unspecified atom stereocenters. The number of carboxylic acids is 1. The lowest BCUT2D eigenvalue weighted by molar-refractivity contribution is -0.149. The normalized spacial score (nSPS) is 21.7. The molecule has 0 amide bonds. The lowest BCUT2D eigenvalue weighted by Crippen LogP contribution is -2.54. The fourth-order valence-corrected chi connectivity index (χ4v) is 2.38. The van der Waals surface area contributed by atoms with Crippen molar-refractivity contribution in [2.45, 2.75) is 19.4 Å². The average molecular weight is 205 g/mol. The maximum atomic E-state index is 11.0. The Balaban J connectivity index is 2.62. The Bertz CT molecular complexity index is 230. The van der Waals surface area contributed by atoms with Gasteiger partial charge in [0, 0.05) is 35.4 Å². The zero-order chi connectivity index (χ0) is 10.1. The quantitative estimate of drug-likeness (QED) is 0.684. The SMILES string of the molecule is CC(C)(C(=O)O)N1CCS(=O)CC1. The molecule has 0 radical (unpaired) electrons. The Hall–Kier alpha value is -0.420. The van der Waals surface area contributed by atoms with Crippen LogP contribution in [-0.2, 0) is 15.6 Å². The van der Waals surface area contributed by atoms with Crippen LogP contribution in [0.15, 0.2) is 0 Å². The molecule has 1 heterocycles. The van der Waals surface area contributed by atoms with Gasteiger partial charge in [-0.05, 0) is 13.8 Å². The molecule has 1 N–H and O–H groups in total. The summed E-state index contributed by atoms with van der Waals surface area (Å²) < 4.78 is 11.0. The smallest absolute Gasteiger partial charge is 0.323 e. The lowest BCUT2D eigenvalue weighted by atomic mass is 10.0. The van der Waals surface area contributed by atoms with E-state index in [0.29, 0.717) is 24.6 Å². The summed E-state index contributed by atoms with van der Waals surface area (Å²) in [6, 6.07) is 0. The third-order valence-electron chi connectivity index (χ3n) is 2.49. The van der Waals surface area contributed by atoms with Gasteiger partial charge in [0.25, 0.3) is 0 Å². The molecule has 1 saturated heterocycles. The van der Waals surface area contributed by atoms with Gasteiger partial charge in [0.15, 0.2) is 0 Å². The van der Waals surface area contributed by atoms with Crippen LogP contribution in [0.1, 0.15) is 13.8 Å². The van der Waals surface area contributed by atoms with E-state index in [4.69, 9.17) is 5.11 Å². The second-order valence-corrected chi connectivity index (χ2v) is 5.40. The van der Waals surface area contributed by atoms with Crippen molar-refractivity contribution in [2.24, 2.45) is 0 Å². The molecule has 0 aromatic heterocycles. The van der Waals surface area contributed by atoms with Crippen molar-refractivity contribution in [3.05, 3.63) is 0 Å². The first-order valence-electron chi connectivity index (χ1n) is 4.28. The summed E-state index contributed by atoms with van der Waals surface area (Å²) in [6.45, 7) is 4.60. The molecule has 0 atom stereocenters. The van der Waals surface area contributed by atoms with Gasteiger partial charge >= 0.3 is 5.97 Å². The Morgan fingerprint density at radius 2 is 1.85 bits per heavy atom. The predicted octanol–water partition coefficient (Wildman–Crippen LogP) is -0.0861. The first-order valence-corrected chi connectivity index (χ1v) is 5.77. The van der Waals surface area contributed by atoms with Gasteiger partial charge in [-0.3, -0.25) is 13.9 Å². The number of aliphatic carboxylic acids is 1. The monoisotopic (exact) mass is 205 g/mol. The molecule has 4 nitrogen and oxygen atoms in total. The summed E-state index contributed by atoms with van der Waals surface area (Å²) in [4.78, 5) is 12.8. The van der Waals surface area contributed by atoms with E-state index in [9.17, 15) is 9.00 Å². The number of hydrogen-bond acceptors (Lipinski definition) is 3. The van der Waals surface area contributed by atoms with E-state index in [-0.39, 0.29) is 0 Å². The van der Waals surface area contributed by atoms with E-state index < -0.39 is 22.3 Å². The van der Waals surface area contributed by atoms with Crippen LogP contribution in [0.5, 0.6) is 0 Å². The van der Waals surface area contributed by atoms with Crippen molar-refractivity contribution < 1.29 is 14.1 Å². The zero-order valence-corrected chi connectivity index (χ0v) is 8.76. The number of nitrogens with zero attached hydrogens (tertiary/aromatic N) is 1. The van der Waals surface area contributed by atoms with Crippen LogP contribution in [0.3, 0.4) is 0 Å². The maximum Gasteiger partial charge on any atom is 0.323 e. The first-order chi connectivity index (χ1) is 5.94. The van der Waals surface area contributed by atoms with Crippen molar-refractivity contribution in [2.75, 3.05) is 24.6 Å². The highest BCUT2D eigenvalue weighted by atomic mass is 32.2. The zero-order valence-electron chi connectivity index (χ0n) is 7.95. The van der Waals surface area contributed by atoms with Crippen LogP contribution in [0, 0.1) is 0 Å². The highest BCUT2D eigenvalue weighted by Gasteiger charge is 2.35. The molecule has 13 heavy (non-hydrogen) atoms. The molecule has 1 aliphatic rings. The van der Waals surface area contributed by atoms with Crippen molar-refractivity contribution >= 4 is 16.8 Å². The lowest BCUT2D eigenvalue weighted by Gasteiger charge is -2.37. The van der Waals surface area contributed by atoms with E-state index in [1.165, 1.54) is 0 Å². The van der Waals surface area contributed by atoms with Crippen LogP contribution in [-0.4, -0.2) is 50.3 Å². The highest BCUT2D eigenvalue weighted by molar-refractivity contribution is 7.85. The minimum absolute atomic E-state index is 0.594. The van der Waals surface area contributed by atoms with E-state index in [1.54, 1.807) is 13.8 Å². The van der Waals surface area contributed by atoms with Crippen molar-refractivity contribution in [1.82, 2.24) is 4.90 Å². The topological polar surface area (TPSA) is 57.6 Å². The van der Waals surface area contributed by atoms with Crippen molar-refractivity contribution in [3.8, 4) is 0 Å². The molecular weight excluding hydrogens is 190 g/mol. The van der Waals surface area contributed by atoms with Crippen LogP contribution < -0.4 is 0 Å². The average Bonchev–Trinajstić information content (AvgIpc) is 2.04. The van der Waals surface area contributed by atoms with Crippen molar-refractivity contribution in [3.63, 3.8) is 0 Å². The predicted molar refractivity (Wildman–Crippen MR) is 51.2 cm³/mol. The highest BCUT2D eigenvalue weighted by Crippen LogP contribution is 2.16. The minimum atomic E-state index is -0.829. The molecular formula is C8H15NO3S. The van der Waals surface area contributed by atoms with Gasteiger partial charge < -0.3 is 5.11 Å². The number of rotatable bonds is 2. The molecule has 1 rings (SSSR count). The molecule has 76 valence electrons. The van der Waals surface area contributed by atoms with Gasteiger partial charge in [0.2, 0.25) is 0 Å². The van der Waals surface area contributed by atoms with E-state index >= 15 is 0 Å². The first kappa shape index (κ1) is 10.7. The Morgan fingerprint density at radius 3 is 2.23 bits per heavy atom. The summed E-state index contributed by atoms with van der Waals surface area (Å²) in [6.07, 6.45) is 0. The number of carboxylic acid groups (broad SMARTS) is 1. The summed E-state index contributed by atoms with van der Waals surface area (Å²) in [7, 11) is -0.744. The number of hydrogen-bond donors (Lipinski definition) is 1. The standard InChI is InChI=1S/C8H15NO3S/c1-8(2,7(10)11)9-3-5-13(12)6-4-9/h3-6H2,1-2H3,(H,10,11). The molecule has 0 saturated carbocycles. The second-order valence-electron chi connectivity index (χ2n) is 3.70. The van der Waals surface area contributed by atoms with E-state index in [2.05, 4.69) is 0 Å². The van der Waals surface area contributed by atoms with Gasteiger partial charge in [-0.2, -0.15) is 0 Å². The Kier molecular flexibility index (Phi) is 3.08. The van der Waals surface area contributed by atoms with Gasteiger partial charge in [-0.25, -0.2) is 0 Å². The second kappa shape index (κ2) is 3.75. The molecule has 0 bridgehead atoms. The third-order valence-corrected chi connectivity index (χ3v) is 3.77. The molecule has 0 aliphatic carbocycles. The van der Waals surface area contributed by atoms with E-state index in [0.717, 1.165) is 0 Å². The molecule has 0 aromatic rings.